The van der Waals surface area contributed by atoms with Crippen molar-refractivity contribution in [3.05, 3.63) is 84.6 Å². The van der Waals surface area contributed by atoms with Crippen LogP contribution in [-0.4, -0.2) is 25.1 Å². The second-order valence-electron chi connectivity index (χ2n) is 6.49. The lowest BCUT2D eigenvalue weighted by atomic mass is 10.1. The first-order chi connectivity index (χ1) is 14.7. The molecule has 0 fully saturated rings. The summed E-state index contributed by atoms with van der Waals surface area (Å²) in [6.07, 6.45) is 1.64. The number of oxazole rings is 1. The third kappa shape index (κ3) is 4.03. The number of amides is 1. The van der Waals surface area contributed by atoms with Crippen LogP contribution in [0.15, 0.2) is 83.4 Å². The average Bonchev–Trinajstić information content (AvgIpc) is 3.29. The molecule has 1 heterocycles. The Balaban J connectivity index is 1.63. The maximum atomic E-state index is 12.9. The van der Waals surface area contributed by atoms with Crippen LogP contribution in [0, 0.1) is 0 Å². The molecule has 6 nitrogen and oxygen atoms in total. The minimum Gasteiger partial charge on any atom is -0.497 e. The van der Waals surface area contributed by atoms with Gasteiger partial charge in [0.2, 0.25) is 5.89 Å². The summed E-state index contributed by atoms with van der Waals surface area (Å²) in [5.74, 6) is 2.08. The van der Waals surface area contributed by atoms with Gasteiger partial charge in [0, 0.05) is 22.9 Å². The number of carbonyl (C=O) groups is 1. The SMILES string of the molecule is COc1cccc(NC(=O)c2ccccc2-c2ncc(-c3cccc(OC)c3)o2)c1. The van der Waals surface area contributed by atoms with Crippen molar-refractivity contribution in [2.75, 3.05) is 19.5 Å². The number of methoxy groups -OCH3 is 2. The van der Waals surface area contributed by atoms with Gasteiger partial charge in [-0.2, -0.15) is 0 Å². The Labute approximate surface area is 174 Å². The summed E-state index contributed by atoms with van der Waals surface area (Å²) in [4.78, 5) is 17.3. The second-order valence-corrected chi connectivity index (χ2v) is 6.49. The number of benzene rings is 3. The molecule has 0 saturated carbocycles. The fourth-order valence-corrected chi connectivity index (χ4v) is 3.08. The molecule has 6 heteroatoms. The lowest BCUT2D eigenvalue weighted by molar-refractivity contribution is 0.102. The molecule has 0 aliphatic rings. The van der Waals surface area contributed by atoms with E-state index in [-0.39, 0.29) is 5.91 Å². The summed E-state index contributed by atoms with van der Waals surface area (Å²) in [5.41, 5.74) is 2.54. The van der Waals surface area contributed by atoms with Crippen LogP contribution >= 0.6 is 0 Å². The molecular weight excluding hydrogens is 380 g/mol. The number of hydrogen-bond donors (Lipinski definition) is 1. The minimum atomic E-state index is -0.264. The molecular formula is C24H20N2O4. The van der Waals surface area contributed by atoms with Gasteiger partial charge in [-0.3, -0.25) is 4.79 Å². The molecule has 0 spiro atoms. The normalized spacial score (nSPS) is 10.5. The van der Waals surface area contributed by atoms with E-state index in [0.29, 0.717) is 34.2 Å². The molecule has 0 radical (unpaired) electrons. The number of nitrogens with one attached hydrogen (secondary N) is 1. The molecule has 1 N–H and O–H groups in total. The van der Waals surface area contributed by atoms with Crippen LogP contribution in [0.1, 0.15) is 10.4 Å². The maximum absolute atomic E-state index is 12.9. The van der Waals surface area contributed by atoms with Crippen molar-refractivity contribution in [2.45, 2.75) is 0 Å². The van der Waals surface area contributed by atoms with Crippen LogP contribution in [-0.2, 0) is 0 Å². The Morgan fingerprint density at radius 2 is 1.63 bits per heavy atom. The highest BCUT2D eigenvalue weighted by Crippen LogP contribution is 2.30. The first kappa shape index (κ1) is 19.3. The Morgan fingerprint density at radius 3 is 2.43 bits per heavy atom. The fraction of sp³-hybridized carbons (Fsp3) is 0.0833. The van der Waals surface area contributed by atoms with Crippen molar-refractivity contribution in [1.29, 1.82) is 0 Å². The standard InChI is InChI=1S/C24H20N2O4/c1-28-18-9-5-7-16(13-18)22-15-25-24(30-22)21-12-4-3-11-20(21)23(27)26-17-8-6-10-19(14-17)29-2/h3-15H,1-2H3,(H,26,27). The number of rotatable bonds is 6. The predicted octanol–water partition coefficient (Wildman–Crippen LogP) is 5.28. The average molecular weight is 400 g/mol. The molecule has 0 unspecified atom stereocenters. The van der Waals surface area contributed by atoms with Crippen molar-refractivity contribution < 1.29 is 18.7 Å². The molecule has 1 amide bonds. The Hall–Kier alpha value is -4.06. The van der Waals surface area contributed by atoms with Crippen molar-refractivity contribution in [3.8, 4) is 34.3 Å². The Bertz CT molecular complexity index is 1180. The Kier molecular flexibility index (Phi) is 5.48. The number of nitrogens with zero attached hydrogens (tertiary/aromatic N) is 1. The van der Waals surface area contributed by atoms with E-state index in [1.807, 2.05) is 48.5 Å². The zero-order chi connectivity index (χ0) is 20.9. The highest BCUT2D eigenvalue weighted by atomic mass is 16.5. The smallest absolute Gasteiger partial charge is 0.256 e. The molecule has 4 rings (SSSR count). The van der Waals surface area contributed by atoms with Crippen LogP contribution in [0.5, 0.6) is 11.5 Å². The summed E-state index contributed by atoms with van der Waals surface area (Å²) >= 11 is 0. The fourth-order valence-electron chi connectivity index (χ4n) is 3.08. The molecule has 0 saturated heterocycles. The molecule has 150 valence electrons. The zero-order valence-corrected chi connectivity index (χ0v) is 16.6. The van der Waals surface area contributed by atoms with Crippen LogP contribution in [0.25, 0.3) is 22.8 Å². The molecule has 0 aliphatic heterocycles. The van der Waals surface area contributed by atoms with Gasteiger partial charge in [-0.1, -0.05) is 30.3 Å². The minimum absolute atomic E-state index is 0.264. The summed E-state index contributed by atoms with van der Waals surface area (Å²) in [6, 6.07) is 21.9. The third-order valence-electron chi connectivity index (χ3n) is 4.59. The van der Waals surface area contributed by atoms with Gasteiger partial charge in [0.25, 0.3) is 5.91 Å². The van der Waals surface area contributed by atoms with Gasteiger partial charge >= 0.3 is 0 Å². The van der Waals surface area contributed by atoms with Crippen molar-refractivity contribution >= 4 is 11.6 Å². The molecule has 4 aromatic rings. The van der Waals surface area contributed by atoms with Gasteiger partial charge in [0.05, 0.1) is 26.0 Å². The van der Waals surface area contributed by atoms with E-state index in [9.17, 15) is 4.79 Å². The lowest BCUT2D eigenvalue weighted by Crippen LogP contribution is -2.13. The number of anilines is 1. The van der Waals surface area contributed by atoms with Gasteiger partial charge < -0.3 is 19.2 Å². The molecule has 0 atom stereocenters. The van der Waals surface area contributed by atoms with Gasteiger partial charge in [0.15, 0.2) is 5.76 Å². The largest absolute Gasteiger partial charge is 0.497 e. The number of ether oxygens (including phenoxy) is 2. The van der Waals surface area contributed by atoms with E-state index < -0.39 is 0 Å². The van der Waals surface area contributed by atoms with Crippen LogP contribution in [0.3, 0.4) is 0 Å². The first-order valence-electron chi connectivity index (χ1n) is 9.33. The monoisotopic (exact) mass is 400 g/mol. The first-order valence-corrected chi connectivity index (χ1v) is 9.33. The highest BCUT2D eigenvalue weighted by molar-refractivity contribution is 6.08. The predicted molar refractivity (Wildman–Crippen MR) is 115 cm³/mol. The topological polar surface area (TPSA) is 73.6 Å². The van der Waals surface area contributed by atoms with Crippen molar-refractivity contribution in [2.24, 2.45) is 0 Å². The van der Waals surface area contributed by atoms with Crippen molar-refractivity contribution in [1.82, 2.24) is 4.98 Å². The number of hydrogen-bond acceptors (Lipinski definition) is 5. The van der Waals surface area contributed by atoms with E-state index in [1.165, 1.54) is 0 Å². The summed E-state index contributed by atoms with van der Waals surface area (Å²) in [6.45, 7) is 0. The third-order valence-corrected chi connectivity index (χ3v) is 4.59. The van der Waals surface area contributed by atoms with Crippen LogP contribution in [0.2, 0.25) is 0 Å². The van der Waals surface area contributed by atoms with Crippen LogP contribution in [0.4, 0.5) is 5.69 Å². The zero-order valence-electron chi connectivity index (χ0n) is 16.6. The molecule has 3 aromatic carbocycles. The quantitative estimate of drug-likeness (QED) is 0.477. The molecule has 30 heavy (non-hydrogen) atoms. The summed E-state index contributed by atoms with van der Waals surface area (Å²) in [5, 5.41) is 2.89. The van der Waals surface area contributed by atoms with Gasteiger partial charge in [0.1, 0.15) is 11.5 Å². The maximum Gasteiger partial charge on any atom is 0.256 e. The van der Waals surface area contributed by atoms with E-state index in [2.05, 4.69) is 10.3 Å². The molecule has 0 aliphatic carbocycles. The molecule has 1 aromatic heterocycles. The Morgan fingerprint density at radius 1 is 0.900 bits per heavy atom. The van der Waals surface area contributed by atoms with Gasteiger partial charge in [-0.15, -0.1) is 0 Å². The highest BCUT2D eigenvalue weighted by Gasteiger charge is 2.17. The number of aromatic nitrogens is 1. The number of carbonyl (C=O) groups excluding carboxylic acids is 1. The van der Waals surface area contributed by atoms with Crippen molar-refractivity contribution in [3.63, 3.8) is 0 Å². The van der Waals surface area contributed by atoms with Gasteiger partial charge in [-0.25, -0.2) is 4.98 Å². The molecule has 0 bridgehead atoms. The van der Waals surface area contributed by atoms with E-state index >= 15 is 0 Å². The van der Waals surface area contributed by atoms with E-state index in [4.69, 9.17) is 13.9 Å². The van der Waals surface area contributed by atoms with E-state index in [1.54, 1.807) is 44.7 Å². The summed E-state index contributed by atoms with van der Waals surface area (Å²) in [7, 11) is 3.20. The van der Waals surface area contributed by atoms with Crippen LogP contribution < -0.4 is 14.8 Å². The second kappa shape index (κ2) is 8.53. The lowest BCUT2D eigenvalue weighted by Gasteiger charge is -2.09. The van der Waals surface area contributed by atoms with E-state index in [0.717, 1.165) is 11.3 Å². The summed E-state index contributed by atoms with van der Waals surface area (Å²) < 4.78 is 16.4. The van der Waals surface area contributed by atoms with Gasteiger partial charge in [-0.05, 0) is 36.4 Å².